The van der Waals surface area contributed by atoms with Crippen molar-refractivity contribution in [2.24, 2.45) is 0 Å². The number of nitrogens with zero attached hydrogens (tertiary/aromatic N) is 2. The van der Waals surface area contributed by atoms with E-state index in [-0.39, 0.29) is 11.3 Å². The van der Waals surface area contributed by atoms with Gasteiger partial charge in [-0.15, -0.1) is 11.3 Å². The minimum absolute atomic E-state index is 0.0692. The van der Waals surface area contributed by atoms with Gasteiger partial charge >= 0.3 is 12.0 Å². The van der Waals surface area contributed by atoms with Crippen LogP contribution in [0.15, 0.2) is 32.8 Å². The molecule has 0 saturated carbocycles. The van der Waals surface area contributed by atoms with Gasteiger partial charge in [0, 0.05) is 34.6 Å². The van der Waals surface area contributed by atoms with E-state index in [1.807, 2.05) is 24.5 Å². The Bertz CT molecular complexity index is 930. The molecule has 0 aliphatic rings. The number of non-ortho nitro benzene ring substituents is 1. The van der Waals surface area contributed by atoms with Crippen LogP contribution >= 0.6 is 23.1 Å². The Balaban J connectivity index is 2.10. The second-order valence-corrected chi connectivity index (χ2v) is 7.82. The fraction of sp³-hybridized carbons (Fsp3) is 0.294. The molecule has 0 fully saturated rings. The smallest absolute Gasteiger partial charge is 0.340 e. The van der Waals surface area contributed by atoms with Gasteiger partial charge in [0.2, 0.25) is 0 Å². The van der Waals surface area contributed by atoms with Gasteiger partial charge < -0.3 is 10.1 Å². The Morgan fingerprint density at radius 2 is 2.10 bits per heavy atom. The zero-order valence-electron chi connectivity index (χ0n) is 15.6. The van der Waals surface area contributed by atoms with E-state index >= 15 is 0 Å². The number of hydrogen-bond donors (Lipinski definition) is 2. The second-order valence-electron chi connectivity index (χ2n) is 5.67. The van der Waals surface area contributed by atoms with E-state index in [9.17, 15) is 24.5 Å². The summed E-state index contributed by atoms with van der Waals surface area (Å²) in [6.45, 7) is 3.36. The molecule has 2 rings (SSSR count). The monoisotopic (exact) mass is 438 g/mol. The van der Waals surface area contributed by atoms with Gasteiger partial charge in [0.25, 0.3) is 11.6 Å². The number of nitro groups is 1. The largest absolute Gasteiger partial charge is 0.452 e. The fourth-order valence-electron chi connectivity index (χ4n) is 2.01. The number of amides is 3. The number of nitrogens with one attached hydrogen (secondary N) is 2. The fourth-order valence-corrected chi connectivity index (χ4v) is 3.90. The number of carbonyl (C=O) groups excluding carboxylic acids is 3. The lowest BCUT2D eigenvalue weighted by molar-refractivity contribution is -0.384. The first-order valence-corrected chi connectivity index (χ1v) is 10.1. The Kier molecular flexibility index (Phi) is 8.09. The molecule has 2 N–H and O–H groups in total. The summed E-state index contributed by atoms with van der Waals surface area (Å²) in [5.74, 6) is -1.74. The third kappa shape index (κ3) is 6.84. The maximum Gasteiger partial charge on any atom is 0.340 e. The maximum atomic E-state index is 12.4. The highest BCUT2D eigenvalue weighted by Gasteiger charge is 2.21. The molecule has 154 valence electrons. The molecule has 1 aromatic carbocycles. The molecule has 0 aliphatic carbocycles. The molecule has 10 nitrogen and oxygen atoms in total. The van der Waals surface area contributed by atoms with Crippen molar-refractivity contribution in [3.63, 3.8) is 0 Å². The number of nitro benzene ring substituents is 1. The predicted molar refractivity (Wildman–Crippen MR) is 106 cm³/mol. The first-order chi connectivity index (χ1) is 13.8. The number of urea groups is 1. The van der Waals surface area contributed by atoms with Crippen LogP contribution < -0.4 is 10.6 Å². The van der Waals surface area contributed by atoms with Gasteiger partial charge in [0.15, 0.2) is 10.9 Å². The Morgan fingerprint density at radius 3 is 2.72 bits per heavy atom. The number of imide groups is 1. The summed E-state index contributed by atoms with van der Waals surface area (Å²) in [7, 11) is 0. The molecule has 0 bridgehead atoms. The van der Waals surface area contributed by atoms with Gasteiger partial charge in [-0.05, 0) is 19.4 Å². The summed E-state index contributed by atoms with van der Waals surface area (Å²) in [5.41, 5.74) is 0.446. The van der Waals surface area contributed by atoms with Crippen LogP contribution in [0, 0.1) is 17.0 Å². The molecule has 1 aromatic heterocycles. The van der Waals surface area contributed by atoms with Crippen molar-refractivity contribution in [3.8, 4) is 0 Å². The molecular formula is C17H18N4O6S2. The molecule has 29 heavy (non-hydrogen) atoms. The van der Waals surface area contributed by atoms with Crippen molar-refractivity contribution in [3.05, 3.63) is 45.0 Å². The maximum absolute atomic E-state index is 12.4. The van der Waals surface area contributed by atoms with Gasteiger partial charge in [0.1, 0.15) is 0 Å². The zero-order chi connectivity index (χ0) is 21.4. The average Bonchev–Trinajstić information content (AvgIpc) is 3.09. The van der Waals surface area contributed by atoms with Crippen LogP contribution in [0.25, 0.3) is 0 Å². The van der Waals surface area contributed by atoms with E-state index in [0.717, 1.165) is 23.5 Å². The highest BCUT2D eigenvalue weighted by molar-refractivity contribution is 8.01. The minimum Gasteiger partial charge on any atom is -0.452 e. The third-order valence-corrected chi connectivity index (χ3v) is 5.44. The lowest BCUT2D eigenvalue weighted by Crippen LogP contribution is -2.41. The van der Waals surface area contributed by atoms with Gasteiger partial charge in [-0.25, -0.2) is 14.6 Å². The Morgan fingerprint density at radius 1 is 1.34 bits per heavy atom. The molecule has 0 aliphatic heterocycles. The average molecular weight is 438 g/mol. The third-order valence-electron chi connectivity index (χ3n) is 3.31. The van der Waals surface area contributed by atoms with E-state index in [2.05, 4.69) is 10.3 Å². The Hall–Kier alpha value is -2.99. The zero-order valence-corrected chi connectivity index (χ0v) is 17.2. The SMILES string of the molecule is CCCNC(=O)NC(=O)COC(=O)c1cc([N+](=O)[O-])ccc1Sc1nc(C)cs1. The number of thiazole rings is 1. The summed E-state index contributed by atoms with van der Waals surface area (Å²) >= 11 is 2.52. The highest BCUT2D eigenvalue weighted by atomic mass is 32.2. The normalized spacial score (nSPS) is 10.3. The standard InChI is InChI=1S/C17H18N4O6S2/c1-3-6-18-16(24)20-14(22)8-27-15(23)12-7-11(21(25)26)4-5-13(12)29-17-19-10(2)9-28-17/h4-5,7,9H,3,6,8H2,1-2H3,(H2,18,20,22,24). The van der Waals surface area contributed by atoms with Crippen LogP contribution in [0.3, 0.4) is 0 Å². The molecule has 0 saturated heterocycles. The summed E-state index contributed by atoms with van der Waals surface area (Å²) in [5, 5.41) is 17.3. The lowest BCUT2D eigenvalue weighted by atomic mass is 10.2. The van der Waals surface area contributed by atoms with Crippen LogP contribution in [0.4, 0.5) is 10.5 Å². The van der Waals surface area contributed by atoms with Crippen molar-refractivity contribution < 1.29 is 24.0 Å². The Labute approximate surface area is 174 Å². The van der Waals surface area contributed by atoms with Crippen LogP contribution in [0.1, 0.15) is 29.4 Å². The van der Waals surface area contributed by atoms with Crippen molar-refractivity contribution in [1.82, 2.24) is 15.6 Å². The van der Waals surface area contributed by atoms with Gasteiger partial charge in [-0.2, -0.15) is 0 Å². The summed E-state index contributed by atoms with van der Waals surface area (Å²) in [4.78, 5) is 50.7. The molecule has 12 heteroatoms. The van der Waals surface area contributed by atoms with Gasteiger partial charge in [-0.1, -0.05) is 18.7 Å². The van der Waals surface area contributed by atoms with Crippen molar-refractivity contribution >= 4 is 46.7 Å². The summed E-state index contributed by atoms with van der Waals surface area (Å²) in [6, 6.07) is 3.08. The summed E-state index contributed by atoms with van der Waals surface area (Å²) < 4.78 is 5.58. The van der Waals surface area contributed by atoms with E-state index in [1.165, 1.54) is 23.5 Å². The number of ether oxygens (including phenoxy) is 1. The van der Waals surface area contributed by atoms with E-state index < -0.39 is 29.4 Å². The molecule has 3 amide bonds. The van der Waals surface area contributed by atoms with Crippen molar-refractivity contribution in [1.29, 1.82) is 0 Å². The number of rotatable bonds is 8. The molecule has 0 spiro atoms. The first-order valence-electron chi connectivity index (χ1n) is 8.43. The molecule has 0 radical (unpaired) electrons. The van der Waals surface area contributed by atoms with Gasteiger partial charge in [0.05, 0.1) is 10.5 Å². The lowest BCUT2D eigenvalue weighted by Gasteiger charge is -2.09. The number of aryl methyl sites for hydroxylation is 1. The molecule has 1 heterocycles. The number of benzene rings is 1. The first kappa shape index (κ1) is 22.3. The quantitative estimate of drug-likeness (QED) is 0.364. The molecule has 2 aromatic rings. The van der Waals surface area contributed by atoms with Crippen molar-refractivity contribution in [2.75, 3.05) is 13.2 Å². The number of aromatic nitrogens is 1. The van der Waals surface area contributed by atoms with E-state index in [1.54, 1.807) is 0 Å². The molecule has 0 unspecified atom stereocenters. The minimum atomic E-state index is -0.923. The number of esters is 1. The van der Waals surface area contributed by atoms with Crippen LogP contribution in [0.5, 0.6) is 0 Å². The van der Waals surface area contributed by atoms with Crippen LogP contribution in [0.2, 0.25) is 0 Å². The molecule has 0 atom stereocenters. The van der Waals surface area contributed by atoms with E-state index in [4.69, 9.17) is 4.74 Å². The van der Waals surface area contributed by atoms with Gasteiger partial charge in [-0.3, -0.25) is 20.2 Å². The number of carbonyl (C=O) groups is 3. The topological polar surface area (TPSA) is 141 Å². The molecular weight excluding hydrogens is 420 g/mol. The van der Waals surface area contributed by atoms with Crippen LogP contribution in [-0.2, 0) is 9.53 Å². The van der Waals surface area contributed by atoms with Crippen molar-refractivity contribution in [2.45, 2.75) is 29.5 Å². The van der Waals surface area contributed by atoms with Crippen LogP contribution in [-0.4, -0.2) is 41.0 Å². The number of hydrogen-bond acceptors (Lipinski definition) is 9. The van der Waals surface area contributed by atoms with E-state index in [0.29, 0.717) is 22.2 Å². The predicted octanol–water partition coefficient (Wildman–Crippen LogP) is 2.90. The summed E-state index contributed by atoms with van der Waals surface area (Å²) in [6.07, 6.45) is 0.697. The highest BCUT2D eigenvalue weighted by Crippen LogP contribution is 2.34. The second kappa shape index (κ2) is 10.5.